The topological polar surface area (TPSA) is 52.6 Å². The van der Waals surface area contributed by atoms with Gasteiger partial charge in [-0.3, -0.25) is 4.79 Å². The van der Waals surface area contributed by atoms with E-state index in [0.717, 1.165) is 38.1 Å². The fraction of sp³-hybridized carbons (Fsp3) is 0.950. The molecule has 2 atom stereocenters. The average molecular weight is 335 g/mol. The first-order valence-electron chi connectivity index (χ1n) is 10.3. The molecular formula is C20H34N2O2. The lowest BCUT2D eigenvalue weighted by Crippen LogP contribution is -2.43. The van der Waals surface area contributed by atoms with E-state index in [9.17, 15) is 9.90 Å². The van der Waals surface area contributed by atoms with Gasteiger partial charge in [0.15, 0.2) is 0 Å². The van der Waals surface area contributed by atoms with Crippen molar-refractivity contribution in [1.82, 2.24) is 10.2 Å². The zero-order valence-electron chi connectivity index (χ0n) is 15.0. The van der Waals surface area contributed by atoms with Gasteiger partial charge in [-0.1, -0.05) is 0 Å². The lowest BCUT2D eigenvalue weighted by Gasteiger charge is -2.40. The monoisotopic (exact) mass is 334 g/mol. The molecule has 2 unspecified atom stereocenters. The second-order valence-electron chi connectivity index (χ2n) is 9.19. The molecule has 3 aliphatic carbocycles. The predicted molar refractivity (Wildman–Crippen MR) is 94.5 cm³/mol. The van der Waals surface area contributed by atoms with Gasteiger partial charge in [0.05, 0.1) is 6.10 Å². The van der Waals surface area contributed by atoms with E-state index < -0.39 is 0 Å². The molecule has 4 fully saturated rings. The molecule has 1 amide bonds. The standard InChI is InChI=1S/C20H34N2O2/c23-19-10-16-7-17(11-19)9-18(8-16)20(24)21-12-14-3-5-22(6-4-14)13-15-1-2-15/h14-19,23H,1-13H2,(H,21,24). The molecule has 1 aliphatic heterocycles. The van der Waals surface area contributed by atoms with Gasteiger partial charge in [-0.05, 0) is 94.5 Å². The third-order valence-electron chi connectivity index (χ3n) is 6.97. The largest absolute Gasteiger partial charge is 0.393 e. The number of likely N-dealkylation sites (tertiary alicyclic amines) is 1. The van der Waals surface area contributed by atoms with Crippen LogP contribution in [-0.4, -0.2) is 48.2 Å². The van der Waals surface area contributed by atoms with Crippen molar-refractivity contribution in [2.75, 3.05) is 26.2 Å². The van der Waals surface area contributed by atoms with Crippen LogP contribution in [0.1, 0.15) is 57.8 Å². The maximum absolute atomic E-state index is 12.6. The summed E-state index contributed by atoms with van der Waals surface area (Å²) in [7, 11) is 0. The van der Waals surface area contributed by atoms with E-state index >= 15 is 0 Å². The van der Waals surface area contributed by atoms with Gasteiger partial charge in [-0.2, -0.15) is 0 Å². The zero-order valence-corrected chi connectivity index (χ0v) is 15.0. The lowest BCUT2D eigenvalue weighted by atomic mass is 9.67. The van der Waals surface area contributed by atoms with Gasteiger partial charge in [0.2, 0.25) is 5.91 Å². The van der Waals surface area contributed by atoms with Crippen LogP contribution < -0.4 is 5.32 Å². The number of carbonyl (C=O) groups is 1. The van der Waals surface area contributed by atoms with E-state index in [0.29, 0.717) is 23.7 Å². The van der Waals surface area contributed by atoms with E-state index in [2.05, 4.69) is 10.2 Å². The zero-order chi connectivity index (χ0) is 16.5. The molecule has 1 saturated heterocycles. The Morgan fingerprint density at radius 1 is 0.917 bits per heavy atom. The first-order valence-corrected chi connectivity index (χ1v) is 10.3. The summed E-state index contributed by atoms with van der Waals surface area (Å²) in [6.07, 6.45) is 10.3. The van der Waals surface area contributed by atoms with Crippen LogP contribution in [0.15, 0.2) is 0 Å². The number of hydrogen-bond acceptors (Lipinski definition) is 3. The fourth-order valence-corrected chi connectivity index (χ4v) is 5.46. The summed E-state index contributed by atoms with van der Waals surface area (Å²) in [5, 5.41) is 13.2. The first kappa shape index (κ1) is 16.8. The minimum atomic E-state index is -0.112. The maximum atomic E-state index is 12.6. The Balaban J connectivity index is 1.17. The Kier molecular flexibility index (Phi) is 5.14. The van der Waals surface area contributed by atoms with E-state index in [1.165, 1.54) is 51.7 Å². The van der Waals surface area contributed by atoms with E-state index in [4.69, 9.17) is 0 Å². The molecule has 0 spiro atoms. The molecule has 4 heteroatoms. The number of amides is 1. The molecule has 0 radical (unpaired) electrons. The number of aliphatic hydroxyl groups is 1. The Bertz CT molecular complexity index is 425. The molecule has 3 saturated carbocycles. The number of piperidine rings is 1. The lowest BCUT2D eigenvalue weighted by molar-refractivity contribution is -0.128. The summed E-state index contributed by atoms with van der Waals surface area (Å²) in [5.41, 5.74) is 0. The van der Waals surface area contributed by atoms with Crippen LogP contribution in [-0.2, 0) is 4.79 Å². The quantitative estimate of drug-likeness (QED) is 0.812. The van der Waals surface area contributed by atoms with Crippen molar-refractivity contribution >= 4 is 5.91 Å². The Morgan fingerprint density at radius 3 is 2.21 bits per heavy atom. The third-order valence-corrected chi connectivity index (χ3v) is 6.97. The summed E-state index contributed by atoms with van der Waals surface area (Å²) >= 11 is 0. The number of hydrogen-bond donors (Lipinski definition) is 2. The molecule has 0 aromatic carbocycles. The van der Waals surface area contributed by atoms with Crippen LogP contribution in [0, 0.1) is 29.6 Å². The van der Waals surface area contributed by atoms with Crippen molar-refractivity contribution in [2.45, 2.75) is 63.9 Å². The highest BCUT2D eigenvalue weighted by molar-refractivity contribution is 5.78. The summed E-state index contributed by atoms with van der Waals surface area (Å²) in [5.74, 6) is 3.32. The minimum Gasteiger partial charge on any atom is -0.393 e. The molecule has 0 aromatic heterocycles. The summed E-state index contributed by atoms with van der Waals surface area (Å²) in [6, 6.07) is 0. The van der Waals surface area contributed by atoms with Crippen molar-refractivity contribution < 1.29 is 9.90 Å². The highest BCUT2D eigenvalue weighted by Crippen LogP contribution is 2.42. The van der Waals surface area contributed by atoms with Crippen molar-refractivity contribution in [3.63, 3.8) is 0 Å². The average Bonchev–Trinajstić information content (AvgIpc) is 3.37. The summed E-state index contributed by atoms with van der Waals surface area (Å²) in [4.78, 5) is 15.2. The van der Waals surface area contributed by atoms with Gasteiger partial charge >= 0.3 is 0 Å². The Labute approximate surface area is 146 Å². The number of nitrogens with one attached hydrogen (secondary N) is 1. The molecule has 0 aromatic rings. The van der Waals surface area contributed by atoms with Crippen molar-refractivity contribution in [2.24, 2.45) is 29.6 Å². The molecule has 1 heterocycles. The number of fused-ring (bicyclic) bond motifs is 2. The Hall–Kier alpha value is -0.610. The van der Waals surface area contributed by atoms with E-state index in [-0.39, 0.29) is 12.0 Å². The summed E-state index contributed by atoms with van der Waals surface area (Å²) in [6.45, 7) is 4.64. The van der Waals surface area contributed by atoms with Gasteiger partial charge in [0.1, 0.15) is 0 Å². The smallest absolute Gasteiger partial charge is 0.223 e. The van der Waals surface area contributed by atoms with Crippen LogP contribution in [0.3, 0.4) is 0 Å². The normalized spacial score (nSPS) is 38.0. The van der Waals surface area contributed by atoms with Crippen LogP contribution in [0.25, 0.3) is 0 Å². The molecule has 136 valence electrons. The number of aliphatic hydroxyl groups excluding tert-OH is 1. The highest BCUT2D eigenvalue weighted by atomic mass is 16.3. The first-order chi connectivity index (χ1) is 11.7. The molecule has 4 rings (SSSR count). The maximum Gasteiger partial charge on any atom is 0.223 e. The fourth-order valence-electron chi connectivity index (χ4n) is 5.46. The minimum absolute atomic E-state index is 0.112. The van der Waals surface area contributed by atoms with Gasteiger partial charge < -0.3 is 15.3 Å². The second kappa shape index (κ2) is 7.33. The molecular weight excluding hydrogens is 300 g/mol. The molecule has 2 N–H and O–H groups in total. The number of rotatable bonds is 5. The second-order valence-corrected chi connectivity index (χ2v) is 9.19. The van der Waals surface area contributed by atoms with Crippen LogP contribution in [0.4, 0.5) is 0 Å². The SMILES string of the molecule is O=C(NCC1CCN(CC2CC2)CC1)C1CC2CC(O)CC(C2)C1. The van der Waals surface area contributed by atoms with Crippen molar-refractivity contribution in [3.8, 4) is 0 Å². The van der Waals surface area contributed by atoms with Gasteiger partial charge in [0, 0.05) is 19.0 Å². The molecule has 2 bridgehead atoms. The van der Waals surface area contributed by atoms with Crippen molar-refractivity contribution in [3.05, 3.63) is 0 Å². The number of carbonyl (C=O) groups excluding carboxylic acids is 1. The van der Waals surface area contributed by atoms with Gasteiger partial charge in [-0.25, -0.2) is 0 Å². The van der Waals surface area contributed by atoms with Gasteiger partial charge in [-0.15, -0.1) is 0 Å². The third kappa shape index (κ3) is 4.32. The van der Waals surface area contributed by atoms with Gasteiger partial charge in [0.25, 0.3) is 0 Å². The molecule has 24 heavy (non-hydrogen) atoms. The van der Waals surface area contributed by atoms with Crippen molar-refractivity contribution in [1.29, 1.82) is 0 Å². The predicted octanol–water partition coefficient (Wildman–Crippen LogP) is 2.41. The number of nitrogens with zero attached hydrogens (tertiary/aromatic N) is 1. The van der Waals surface area contributed by atoms with Crippen LogP contribution in [0.2, 0.25) is 0 Å². The van der Waals surface area contributed by atoms with Crippen LogP contribution >= 0.6 is 0 Å². The van der Waals surface area contributed by atoms with E-state index in [1.54, 1.807) is 0 Å². The molecule has 4 aliphatic rings. The Morgan fingerprint density at radius 2 is 1.58 bits per heavy atom. The highest BCUT2D eigenvalue weighted by Gasteiger charge is 2.38. The van der Waals surface area contributed by atoms with E-state index in [1.807, 2.05) is 0 Å². The van der Waals surface area contributed by atoms with Crippen LogP contribution in [0.5, 0.6) is 0 Å². The summed E-state index contributed by atoms with van der Waals surface area (Å²) < 4.78 is 0. The molecule has 4 nitrogen and oxygen atoms in total.